The van der Waals surface area contributed by atoms with Crippen molar-refractivity contribution < 1.29 is 9.15 Å². The Morgan fingerprint density at radius 2 is 2.11 bits per heavy atom. The molecule has 0 saturated carbocycles. The monoisotopic (exact) mass is 247 g/mol. The Balaban J connectivity index is 2.49. The van der Waals surface area contributed by atoms with Gasteiger partial charge in [-0.05, 0) is 30.0 Å². The van der Waals surface area contributed by atoms with Crippen LogP contribution < -0.4 is 5.73 Å². The van der Waals surface area contributed by atoms with Gasteiger partial charge in [0.05, 0.1) is 13.2 Å². The quantitative estimate of drug-likeness (QED) is 0.882. The van der Waals surface area contributed by atoms with E-state index < -0.39 is 0 Å². The van der Waals surface area contributed by atoms with E-state index in [9.17, 15) is 0 Å². The van der Waals surface area contributed by atoms with Crippen LogP contribution in [0.25, 0.3) is 11.0 Å². The molecule has 2 aromatic rings. The second-order valence-electron chi connectivity index (χ2n) is 4.87. The van der Waals surface area contributed by atoms with E-state index in [-0.39, 0.29) is 0 Å². The maximum absolute atomic E-state index is 5.81. The van der Waals surface area contributed by atoms with Crippen molar-refractivity contribution in [2.24, 2.45) is 5.73 Å². The predicted molar refractivity (Wildman–Crippen MR) is 73.8 cm³/mol. The third-order valence-corrected chi connectivity index (χ3v) is 3.23. The summed E-state index contributed by atoms with van der Waals surface area (Å²) in [5, 5.41) is 1.19. The fourth-order valence-corrected chi connectivity index (χ4v) is 2.37. The molecule has 0 aliphatic carbocycles. The number of methoxy groups -OCH3 is 1. The second-order valence-corrected chi connectivity index (χ2v) is 4.87. The molecule has 0 bridgehead atoms. The molecule has 3 nitrogen and oxygen atoms in total. The smallest absolute Gasteiger partial charge is 0.134 e. The molecule has 98 valence electrons. The number of ether oxygens (including phenoxy) is 1. The van der Waals surface area contributed by atoms with Gasteiger partial charge in [-0.15, -0.1) is 0 Å². The van der Waals surface area contributed by atoms with E-state index in [1.807, 2.05) is 6.07 Å². The van der Waals surface area contributed by atoms with Crippen molar-refractivity contribution in [3.63, 3.8) is 0 Å². The molecule has 1 aromatic heterocycles. The highest BCUT2D eigenvalue weighted by molar-refractivity contribution is 5.83. The van der Waals surface area contributed by atoms with Crippen LogP contribution in [-0.4, -0.2) is 13.7 Å². The lowest BCUT2D eigenvalue weighted by molar-refractivity contribution is 0.202. The number of rotatable bonds is 5. The Kier molecular flexibility index (Phi) is 4.04. The third-order valence-electron chi connectivity index (χ3n) is 3.23. The van der Waals surface area contributed by atoms with Crippen molar-refractivity contribution in [3.8, 4) is 0 Å². The van der Waals surface area contributed by atoms with Crippen LogP contribution in [0, 0.1) is 0 Å². The third kappa shape index (κ3) is 2.42. The molecule has 1 heterocycles. The summed E-state index contributed by atoms with van der Waals surface area (Å²) in [6.45, 7) is 5.54. The van der Waals surface area contributed by atoms with Crippen molar-refractivity contribution in [1.29, 1.82) is 0 Å². The van der Waals surface area contributed by atoms with Gasteiger partial charge in [-0.2, -0.15) is 0 Å². The molecule has 0 radical (unpaired) electrons. The minimum Gasteiger partial charge on any atom is -0.459 e. The molecule has 1 aromatic carbocycles. The van der Waals surface area contributed by atoms with Crippen molar-refractivity contribution in [2.45, 2.75) is 32.7 Å². The van der Waals surface area contributed by atoms with Crippen LogP contribution in [0.1, 0.15) is 36.7 Å². The van der Waals surface area contributed by atoms with Crippen LogP contribution in [0.15, 0.2) is 22.6 Å². The topological polar surface area (TPSA) is 48.4 Å². The van der Waals surface area contributed by atoms with E-state index in [1.165, 1.54) is 16.5 Å². The largest absolute Gasteiger partial charge is 0.459 e. The Morgan fingerprint density at radius 3 is 2.72 bits per heavy atom. The van der Waals surface area contributed by atoms with E-state index in [0.29, 0.717) is 12.5 Å². The molecule has 0 fully saturated rings. The standard InChI is InChI=1S/C15H21NO2/c1-10(2)15-12-8-11(6-7-17-3)4-5-13(12)18-14(15)9-16/h4-5,8,10H,6-7,9,16H2,1-3H3. The van der Waals surface area contributed by atoms with E-state index in [0.717, 1.165) is 24.4 Å². The molecule has 2 rings (SSSR count). The van der Waals surface area contributed by atoms with Gasteiger partial charge in [0.15, 0.2) is 0 Å². The highest BCUT2D eigenvalue weighted by atomic mass is 16.5. The van der Waals surface area contributed by atoms with E-state index in [1.54, 1.807) is 7.11 Å². The number of fused-ring (bicyclic) bond motifs is 1. The zero-order valence-corrected chi connectivity index (χ0v) is 11.3. The van der Waals surface area contributed by atoms with Crippen LogP contribution in [0.3, 0.4) is 0 Å². The number of hydrogen-bond donors (Lipinski definition) is 1. The van der Waals surface area contributed by atoms with Crippen LogP contribution in [0.5, 0.6) is 0 Å². The minimum absolute atomic E-state index is 0.419. The van der Waals surface area contributed by atoms with Gasteiger partial charge in [-0.3, -0.25) is 0 Å². The van der Waals surface area contributed by atoms with Gasteiger partial charge in [0, 0.05) is 18.1 Å². The highest BCUT2D eigenvalue weighted by Crippen LogP contribution is 2.32. The van der Waals surface area contributed by atoms with Gasteiger partial charge >= 0.3 is 0 Å². The molecule has 0 atom stereocenters. The lowest BCUT2D eigenvalue weighted by Crippen LogP contribution is -2.00. The maximum atomic E-state index is 5.81. The van der Waals surface area contributed by atoms with Crippen LogP contribution in [-0.2, 0) is 17.7 Å². The first kappa shape index (κ1) is 13.1. The molecule has 0 saturated heterocycles. The summed E-state index contributed by atoms with van der Waals surface area (Å²) in [4.78, 5) is 0. The second kappa shape index (κ2) is 5.55. The SMILES string of the molecule is COCCc1ccc2oc(CN)c(C(C)C)c2c1. The maximum Gasteiger partial charge on any atom is 0.134 e. The average molecular weight is 247 g/mol. The summed E-state index contributed by atoms with van der Waals surface area (Å²) in [5.74, 6) is 1.33. The van der Waals surface area contributed by atoms with E-state index in [2.05, 4.69) is 26.0 Å². The zero-order chi connectivity index (χ0) is 13.1. The molecule has 0 aliphatic heterocycles. The van der Waals surface area contributed by atoms with Gasteiger partial charge in [0.2, 0.25) is 0 Å². The summed E-state index contributed by atoms with van der Waals surface area (Å²) >= 11 is 0. The Morgan fingerprint density at radius 1 is 1.33 bits per heavy atom. The summed E-state index contributed by atoms with van der Waals surface area (Å²) in [6.07, 6.45) is 0.924. The Bertz CT molecular complexity index is 529. The van der Waals surface area contributed by atoms with Gasteiger partial charge < -0.3 is 14.9 Å². The van der Waals surface area contributed by atoms with Crippen molar-refractivity contribution in [2.75, 3.05) is 13.7 Å². The molecule has 0 amide bonds. The molecular weight excluding hydrogens is 226 g/mol. The minimum atomic E-state index is 0.419. The first-order valence-corrected chi connectivity index (χ1v) is 6.40. The van der Waals surface area contributed by atoms with Crippen molar-refractivity contribution in [3.05, 3.63) is 35.1 Å². The fourth-order valence-electron chi connectivity index (χ4n) is 2.37. The average Bonchev–Trinajstić information content (AvgIpc) is 2.73. The lowest BCUT2D eigenvalue weighted by Gasteiger charge is -2.05. The molecule has 0 aliphatic rings. The van der Waals surface area contributed by atoms with E-state index >= 15 is 0 Å². The first-order valence-electron chi connectivity index (χ1n) is 6.40. The number of benzene rings is 1. The molecular formula is C15H21NO2. The summed E-state index contributed by atoms with van der Waals surface area (Å²) in [6, 6.07) is 6.33. The van der Waals surface area contributed by atoms with Crippen LogP contribution in [0.4, 0.5) is 0 Å². The number of furan rings is 1. The zero-order valence-electron chi connectivity index (χ0n) is 11.3. The number of nitrogens with two attached hydrogens (primary N) is 1. The van der Waals surface area contributed by atoms with Gasteiger partial charge in [-0.25, -0.2) is 0 Å². The highest BCUT2D eigenvalue weighted by Gasteiger charge is 2.16. The Hall–Kier alpha value is -1.32. The van der Waals surface area contributed by atoms with Gasteiger partial charge in [0.1, 0.15) is 11.3 Å². The fraction of sp³-hybridized carbons (Fsp3) is 0.467. The summed E-state index contributed by atoms with van der Waals surface area (Å²) in [7, 11) is 1.72. The van der Waals surface area contributed by atoms with E-state index in [4.69, 9.17) is 14.9 Å². The molecule has 2 N–H and O–H groups in total. The predicted octanol–water partition coefficient (Wildman–Crippen LogP) is 3.20. The molecule has 0 spiro atoms. The molecule has 18 heavy (non-hydrogen) atoms. The van der Waals surface area contributed by atoms with Crippen LogP contribution >= 0.6 is 0 Å². The van der Waals surface area contributed by atoms with Crippen molar-refractivity contribution >= 4 is 11.0 Å². The van der Waals surface area contributed by atoms with Crippen LogP contribution in [0.2, 0.25) is 0 Å². The Labute approximate surface area is 108 Å². The lowest BCUT2D eigenvalue weighted by atomic mass is 9.98. The molecule has 3 heteroatoms. The number of hydrogen-bond acceptors (Lipinski definition) is 3. The molecule has 0 unspecified atom stereocenters. The van der Waals surface area contributed by atoms with Crippen molar-refractivity contribution in [1.82, 2.24) is 0 Å². The first-order chi connectivity index (χ1) is 8.67. The normalized spacial score (nSPS) is 11.6. The summed E-state index contributed by atoms with van der Waals surface area (Å²) < 4.78 is 10.9. The van der Waals surface area contributed by atoms with Gasteiger partial charge in [0.25, 0.3) is 0 Å². The summed E-state index contributed by atoms with van der Waals surface area (Å²) in [5.41, 5.74) is 9.20. The van der Waals surface area contributed by atoms with Gasteiger partial charge in [-0.1, -0.05) is 19.9 Å².